The molecule has 2 rings (SSSR count). The van der Waals surface area contributed by atoms with Crippen molar-refractivity contribution < 1.29 is 13.9 Å². The summed E-state index contributed by atoms with van der Waals surface area (Å²) in [5, 5.41) is 2.92. The highest BCUT2D eigenvalue weighted by molar-refractivity contribution is 9.10. The van der Waals surface area contributed by atoms with Crippen molar-refractivity contribution >= 4 is 33.3 Å². The molecule has 0 radical (unpaired) electrons. The maximum Gasteiger partial charge on any atom is 0.332 e. The molecule has 0 aromatic heterocycles. The van der Waals surface area contributed by atoms with Crippen molar-refractivity contribution in [2.24, 2.45) is 0 Å². The summed E-state index contributed by atoms with van der Waals surface area (Å²) in [6.45, 7) is 0. The molecule has 3 N–H and O–H groups in total. The van der Waals surface area contributed by atoms with Crippen molar-refractivity contribution in [3.8, 4) is 0 Å². The highest BCUT2D eigenvalue weighted by Crippen LogP contribution is 2.30. The van der Waals surface area contributed by atoms with Crippen molar-refractivity contribution in [3.05, 3.63) is 58.3 Å². The van der Waals surface area contributed by atoms with Crippen LogP contribution in [0, 0.1) is 5.82 Å². The van der Waals surface area contributed by atoms with Crippen LogP contribution in [-0.4, -0.2) is 13.1 Å². The van der Waals surface area contributed by atoms with Crippen LogP contribution in [-0.2, 0) is 9.53 Å². The van der Waals surface area contributed by atoms with Crippen LogP contribution in [0.4, 0.5) is 15.8 Å². The number of esters is 1. The number of anilines is 2. The Morgan fingerprint density at radius 2 is 2.00 bits per heavy atom. The van der Waals surface area contributed by atoms with Gasteiger partial charge in [0.2, 0.25) is 0 Å². The van der Waals surface area contributed by atoms with E-state index in [9.17, 15) is 9.18 Å². The number of nitrogens with one attached hydrogen (secondary N) is 1. The molecule has 2 aromatic rings. The number of carbonyl (C=O) groups is 1. The van der Waals surface area contributed by atoms with Crippen LogP contribution in [0.15, 0.2) is 46.9 Å². The van der Waals surface area contributed by atoms with E-state index in [1.807, 2.05) is 6.07 Å². The van der Waals surface area contributed by atoms with Crippen molar-refractivity contribution in [2.45, 2.75) is 6.04 Å². The molecule has 6 heteroatoms. The van der Waals surface area contributed by atoms with Crippen LogP contribution >= 0.6 is 15.9 Å². The SMILES string of the molecule is COC(=O)C(Nc1cc(F)c(Br)cc1N)c1ccccc1. The number of carbonyl (C=O) groups excluding carboxylic acids is 1. The largest absolute Gasteiger partial charge is 0.467 e. The summed E-state index contributed by atoms with van der Waals surface area (Å²) in [7, 11) is 1.30. The molecule has 0 amide bonds. The maximum absolute atomic E-state index is 13.6. The summed E-state index contributed by atoms with van der Waals surface area (Å²) in [5.41, 5.74) is 7.20. The normalized spacial score (nSPS) is 11.8. The standard InChI is InChI=1S/C15H14BrFN2O2/c1-21-15(20)14(9-5-3-2-4-6-9)19-13-8-11(17)10(16)7-12(13)18/h2-8,14,19H,18H2,1H3. The fraction of sp³-hybridized carbons (Fsp3) is 0.133. The van der Waals surface area contributed by atoms with E-state index in [0.29, 0.717) is 16.9 Å². The van der Waals surface area contributed by atoms with Gasteiger partial charge in [0.05, 0.1) is 23.0 Å². The molecule has 110 valence electrons. The monoisotopic (exact) mass is 352 g/mol. The molecule has 0 saturated heterocycles. The summed E-state index contributed by atoms with van der Waals surface area (Å²) in [6, 6.07) is 10.9. The van der Waals surface area contributed by atoms with Gasteiger partial charge in [0, 0.05) is 6.07 Å². The Hall–Kier alpha value is -2.08. The van der Waals surface area contributed by atoms with Crippen molar-refractivity contribution in [3.63, 3.8) is 0 Å². The topological polar surface area (TPSA) is 64.3 Å². The van der Waals surface area contributed by atoms with E-state index in [-0.39, 0.29) is 4.47 Å². The summed E-state index contributed by atoms with van der Waals surface area (Å²) < 4.78 is 18.7. The maximum atomic E-state index is 13.6. The zero-order chi connectivity index (χ0) is 15.4. The summed E-state index contributed by atoms with van der Waals surface area (Å²) in [6.07, 6.45) is 0. The van der Waals surface area contributed by atoms with E-state index >= 15 is 0 Å². The fourth-order valence-electron chi connectivity index (χ4n) is 1.88. The van der Waals surface area contributed by atoms with Gasteiger partial charge < -0.3 is 15.8 Å². The number of hydrogen-bond donors (Lipinski definition) is 2. The van der Waals surface area contributed by atoms with Crippen LogP contribution in [0.25, 0.3) is 0 Å². The Morgan fingerprint density at radius 1 is 1.33 bits per heavy atom. The molecule has 0 spiro atoms. The molecule has 0 aliphatic heterocycles. The summed E-state index contributed by atoms with van der Waals surface area (Å²) in [5.74, 6) is -0.952. The van der Waals surface area contributed by atoms with Gasteiger partial charge in [0.25, 0.3) is 0 Å². The van der Waals surface area contributed by atoms with Gasteiger partial charge >= 0.3 is 5.97 Å². The van der Waals surface area contributed by atoms with Crippen molar-refractivity contribution in [2.75, 3.05) is 18.2 Å². The Morgan fingerprint density at radius 3 is 2.62 bits per heavy atom. The van der Waals surface area contributed by atoms with E-state index in [0.717, 1.165) is 0 Å². The molecule has 0 saturated carbocycles. The van der Waals surface area contributed by atoms with E-state index in [2.05, 4.69) is 21.2 Å². The third-order valence-corrected chi connectivity index (χ3v) is 3.57. The minimum Gasteiger partial charge on any atom is -0.467 e. The van der Waals surface area contributed by atoms with Gasteiger partial charge in [-0.05, 0) is 27.6 Å². The first-order valence-corrected chi connectivity index (χ1v) is 6.96. The molecule has 0 aliphatic carbocycles. The first-order chi connectivity index (χ1) is 10.0. The Kier molecular flexibility index (Phi) is 4.80. The smallest absolute Gasteiger partial charge is 0.332 e. The van der Waals surface area contributed by atoms with Gasteiger partial charge in [-0.25, -0.2) is 9.18 Å². The predicted molar refractivity (Wildman–Crippen MR) is 83.3 cm³/mol. The van der Waals surface area contributed by atoms with Gasteiger partial charge in [0.1, 0.15) is 5.82 Å². The highest BCUT2D eigenvalue weighted by Gasteiger charge is 2.22. The van der Waals surface area contributed by atoms with Crippen molar-refractivity contribution in [1.29, 1.82) is 0 Å². The zero-order valence-corrected chi connectivity index (χ0v) is 12.9. The molecule has 4 nitrogen and oxygen atoms in total. The van der Waals surface area contributed by atoms with Crippen LogP contribution in [0.5, 0.6) is 0 Å². The van der Waals surface area contributed by atoms with Crippen LogP contribution in [0.2, 0.25) is 0 Å². The molecular formula is C15H14BrFN2O2. The molecular weight excluding hydrogens is 339 g/mol. The number of ether oxygens (including phenoxy) is 1. The summed E-state index contributed by atoms with van der Waals surface area (Å²) in [4.78, 5) is 12.0. The van der Waals surface area contributed by atoms with Crippen LogP contribution < -0.4 is 11.1 Å². The second-order valence-electron chi connectivity index (χ2n) is 4.36. The first kappa shape index (κ1) is 15.3. The second-order valence-corrected chi connectivity index (χ2v) is 5.22. The van der Waals surface area contributed by atoms with Gasteiger partial charge in [0.15, 0.2) is 6.04 Å². The van der Waals surface area contributed by atoms with Crippen LogP contribution in [0.1, 0.15) is 11.6 Å². The minimum absolute atomic E-state index is 0.264. The number of benzene rings is 2. The van der Waals surface area contributed by atoms with Gasteiger partial charge in [-0.3, -0.25) is 0 Å². The Labute approximate surface area is 130 Å². The predicted octanol–water partition coefficient (Wildman–Crippen LogP) is 3.50. The third kappa shape index (κ3) is 3.52. The number of nitrogen functional groups attached to an aromatic ring is 1. The number of rotatable bonds is 4. The lowest BCUT2D eigenvalue weighted by molar-refractivity contribution is -0.141. The molecule has 2 aromatic carbocycles. The van der Waals surface area contributed by atoms with Crippen LogP contribution in [0.3, 0.4) is 0 Å². The third-order valence-electron chi connectivity index (χ3n) is 2.96. The van der Waals surface area contributed by atoms with Crippen molar-refractivity contribution in [1.82, 2.24) is 0 Å². The lowest BCUT2D eigenvalue weighted by Crippen LogP contribution is -2.22. The number of methoxy groups -OCH3 is 1. The van der Waals surface area contributed by atoms with E-state index in [1.54, 1.807) is 24.3 Å². The molecule has 1 atom stereocenters. The Bertz CT molecular complexity index is 650. The van der Waals surface area contributed by atoms with Gasteiger partial charge in [-0.1, -0.05) is 30.3 Å². The van der Waals surface area contributed by atoms with E-state index in [1.165, 1.54) is 19.2 Å². The molecule has 0 aliphatic rings. The minimum atomic E-state index is -0.765. The molecule has 0 fully saturated rings. The lowest BCUT2D eigenvalue weighted by Gasteiger charge is -2.19. The summed E-state index contributed by atoms with van der Waals surface area (Å²) >= 11 is 3.06. The zero-order valence-electron chi connectivity index (χ0n) is 11.3. The Balaban J connectivity index is 2.36. The van der Waals surface area contributed by atoms with Gasteiger partial charge in [-0.15, -0.1) is 0 Å². The number of halogens is 2. The molecule has 0 heterocycles. The molecule has 1 unspecified atom stereocenters. The van der Waals surface area contributed by atoms with Gasteiger partial charge in [-0.2, -0.15) is 0 Å². The quantitative estimate of drug-likeness (QED) is 0.652. The fourth-order valence-corrected chi connectivity index (χ4v) is 2.25. The second kappa shape index (κ2) is 6.58. The number of nitrogens with two attached hydrogens (primary N) is 1. The first-order valence-electron chi connectivity index (χ1n) is 6.16. The molecule has 21 heavy (non-hydrogen) atoms. The molecule has 0 bridgehead atoms. The van der Waals surface area contributed by atoms with E-state index in [4.69, 9.17) is 10.5 Å². The lowest BCUT2D eigenvalue weighted by atomic mass is 10.1. The number of hydrogen-bond acceptors (Lipinski definition) is 4. The van der Waals surface area contributed by atoms with E-state index < -0.39 is 17.8 Å². The highest BCUT2D eigenvalue weighted by atomic mass is 79.9. The average molecular weight is 353 g/mol. The average Bonchev–Trinajstić information content (AvgIpc) is 2.49.